The largest absolute Gasteiger partial charge is 0.497 e. The normalized spacial score (nSPS) is 11.2. The summed E-state index contributed by atoms with van der Waals surface area (Å²) in [5, 5.41) is 9.69. The summed E-state index contributed by atoms with van der Waals surface area (Å²) in [6.07, 6.45) is 0. The van der Waals surface area contributed by atoms with Crippen molar-refractivity contribution in [3.8, 4) is 5.75 Å². The van der Waals surface area contributed by atoms with Gasteiger partial charge in [-0.15, -0.1) is 10.2 Å². The molecule has 0 spiro atoms. The molecule has 0 atom stereocenters. The molecule has 22 heavy (non-hydrogen) atoms. The van der Waals surface area contributed by atoms with Crippen LogP contribution in [0.3, 0.4) is 0 Å². The Morgan fingerprint density at radius 1 is 1.27 bits per heavy atom. The number of hydrogen-bond donors (Lipinski definition) is 2. The summed E-state index contributed by atoms with van der Waals surface area (Å²) in [5.74, 6) is 0.349. The molecule has 0 saturated heterocycles. The fourth-order valence-corrected chi connectivity index (χ4v) is 3.51. The maximum Gasteiger partial charge on any atom is 0.270 e. The molecule has 2 rings (SSSR count). The summed E-state index contributed by atoms with van der Waals surface area (Å²) >= 11 is 0.785. The molecule has 118 valence electrons. The van der Waals surface area contributed by atoms with E-state index in [-0.39, 0.29) is 21.9 Å². The smallest absolute Gasteiger partial charge is 0.270 e. The SMILES string of the molecule is COc1ccc(CNS(=O)(=O)c2nnc(NC(C)=O)s2)cc1. The first-order chi connectivity index (χ1) is 10.4. The zero-order valence-electron chi connectivity index (χ0n) is 11.9. The first-order valence-electron chi connectivity index (χ1n) is 6.14. The third-order valence-corrected chi connectivity index (χ3v) is 5.15. The molecule has 2 aromatic rings. The Kier molecular flexibility index (Phi) is 5.06. The minimum Gasteiger partial charge on any atom is -0.497 e. The van der Waals surface area contributed by atoms with Crippen LogP contribution in [0.5, 0.6) is 5.75 Å². The Bertz CT molecular complexity index is 756. The molecule has 0 aliphatic rings. The molecule has 10 heteroatoms. The number of nitrogens with one attached hydrogen (secondary N) is 2. The van der Waals surface area contributed by atoms with Crippen molar-refractivity contribution in [1.29, 1.82) is 0 Å². The molecule has 0 radical (unpaired) electrons. The fraction of sp³-hybridized carbons (Fsp3) is 0.250. The Balaban J connectivity index is 2.03. The summed E-state index contributed by atoms with van der Waals surface area (Å²) in [7, 11) is -2.22. The Labute approximate surface area is 131 Å². The van der Waals surface area contributed by atoms with Gasteiger partial charge in [0.1, 0.15) is 5.75 Å². The third-order valence-electron chi connectivity index (χ3n) is 2.54. The highest BCUT2D eigenvalue weighted by molar-refractivity contribution is 7.91. The lowest BCUT2D eigenvalue weighted by Crippen LogP contribution is -2.23. The third kappa shape index (κ3) is 4.23. The van der Waals surface area contributed by atoms with Gasteiger partial charge in [-0.1, -0.05) is 23.5 Å². The molecule has 2 N–H and O–H groups in total. The van der Waals surface area contributed by atoms with Gasteiger partial charge >= 0.3 is 0 Å². The van der Waals surface area contributed by atoms with Crippen LogP contribution >= 0.6 is 11.3 Å². The Hall–Kier alpha value is -2.04. The van der Waals surface area contributed by atoms with Gasteiger partial charge in [-0.05, 0) is 17.7 Å². The minimum absolute atomic E-state index is 0.112. The first kappa shape index (κ1) is 16.3. The van der Waals surface area contributed by atoms with E-state index in [0.29, 0.717) is 5.75 Å². The van der Waals surface area contributed by atoms with Gasteiger partial charge in [0.25, 0.3) is 10.0 Å². The van der Waals surface area contributed by atoms with Gasteiger partial charge < -0.3 is 10.1 Å². The van der Waals surface area contributed by atoms with Gasteiger partial charge in [0.2, 0.25) is 15.4 Å². The summed E-state index contributed by atoms with van der Waals surface area (Å²) in [4.78, 5) is 10.9. The van der Waals surface area contributed by atoms with Crippen molar-refractivity contribution in [2.24, 2.45) is 0 Å². The number of ether oxygens (including phenoxy) is 1. The van der Waals surface area contributed by atoms with E-state index in [1.54, 1.807) is 31.4 Å². The molecule has 1 amide bonds. The van der Waals surface area contributed by atoms with Crippen molar-refractivity contribution < 1.29 is 17.9 Å². The number of methoxy groups -OCH3 is 1. The van der Waals surface area contributed by atoms with Crippen LogP contribution in [0.15, 0.2) is 28.6 Å². The van der Waals surface area contributed by atoms with Gasteiger partial charge in [0.05, 0.1) is 7.11 Å². The minimum atomic E-state index is -3.78. The van der Waals surface area contributed by atoms with E-state index in [9.17, 15) is 13.2 Å². The molecule has 0 aliphatic carbocycles. The van der Waals surface area contributed by atoms with Crippen LogP contribution in [-0.2, 0) is 21.4 Å². The molecule has 1 aromatic carbocycles. The highest BCUT2D eigenvalue weighted by Gasteiger charge is 2.20. The second-order valence-electron chi connectivity index (χ2n) is 4.23. The number of hydrogen-bond acceptors (Lipinski definition) is 7. The fourth-order valence-electron chi connectivity index (χ4n) is 1.50. The highest BCUT2D eigenvalue weighted by Crippen LogP contribution is 2.20. The molecule has 0 bridgehead atoms. The van der Waals surface area contributed by atoms with Crippen LogP contribution in [0, 0.1) is 0 Å². The number of rotatable bonds is 6. The lowest BCUT2D eigenvalue weighted by Gasteiger charge is -2.05. The lowest BCUT2D eigenvalue weighted by molar-refractivity contribution is -0.114. The number of carbonyl (C=O) groups is 1. The van der Waals surface area contributed by atoms with Crippen LogP contribution in [0.2, 0.25) is 0 Å². The number of aromatic nitrogens is 2. The molecular weight excluding hydrogens is 328 g/mol. The molecular formula is C12H14N4O4S2. The Morgan fingerprint density at radius 2 is 1.95 bits per heavy atom. The molecule has 0 fully saturated rings. The van der Waals surface area contributed by atoms with Crippen molar-refractivity contribution in [3.05, 3.63) is 29.8 Å². The topological polar surface area (TPSA) is 110 Å². The number of benzene rings is 1. The number of carbonyl (C=O) groups excluding carboxylic acids is 1. The summed E-state index contributed by atoms with van der Waals surface area (Å²) in [5.41, 5.74) is 0.774. The van der Waals surface area contributed by atoms with E-state index in [0.717, 1.165) is 16.9 Å². The van der Waals surface area contributed by atoms with Gasteiger partial charge in [0, 0.05) is 13.5 Å². The van der Waals surface area contributed by atoms with Crippen LogP contribution in [0.1, 0.15) is 12.5 Å². The zero-order valence-corrected chi connectivity index (χ0v) is 13.5. The van der Waals surface area contributed by atoms with E-state index in [1.807, 2.05) is 0 Å². The van der Waals surface area contributed by atoms with Crippen molar-refractivity contribution in [2.75, 3.05) is 12.4 Å². The van der Waals surface area contributed by atoms with Crippen molar-refractivity contribution >= 4 is 32.4 Å². The van der Waals surface area contributed by atoms with Crippen LogP contribution < -0.4 is 14.8 Å². The molecule has 0 unspecified atom stereocenters. The molecule has 0 saturated carbocycles. The van der Waals surface area contributed by atoms with Gasteiger partial charge in [0.15, 0.2) is 0 Å². The average molecular weight is 342 g/mol. The molecule has 1 heterocycles. The van der Waals surface area contributed by atoms with Crippen molar-refractivity contribution in [1.82, 2.24) is 14.9 Å². The second kappa shape index (κ2) is 6.81. The van der Waals surface area contributed by atoms with Crippen LogP contribution in [0.25, 0.3) is 0 Å². The Morgan fingerprint density at radius 3 is 2.55 bits per heavy atom. The van der Waals surface area contributed by atoms with E-state index in [4.69, 9.17) is 4.74 Å². The standard InChI is InChI=1S/C12H14N4O4S2/c1-8(17)14-11-15-16-12(21-11)22(18,19)13-7-9-3-5-10(20-2)6-4-9/h3-6,13H,7H2,1-2H3,(H,14,15,17). The quantitative estimate of drug-likeness (QED) is 0.757. The van der Waals surface area contributed by atoms with E-state index in [1.165, 1.54) is 6.92 Å². The molecule has 1 aromatic heterocycles. The highest BCUT2D eigenvalue weighted by atomic mass is 32.2. The van der Waals surface area contributed by atoms with Crippen LogP contribution in [-0.4, -0.2) is 31.6 Å². The van der Waals surface area contributed by atoms with Gasteiger partial charge in [-0.25, -0.2) is 13.1 Å². The average Bonchev–Trinajstić information content (AvgIpc) is 2.94. The monoisotopic (exact) mass is 342 g/mol. The predicted molar refractivity (Wildman–Crippen MR) is 81.2 cm³/mol. The van der Waals surface area contributed by atoms with Crippen molar-refractivity contribution in [2.45, 2.75) is 17.8 Å². The van der Waals surface area contributed by atoms with Crippen LogP contribution in [0.4, 0.5) is 5.13 Å². The maximum absolute atomic E-state index is 12.1. The molecule has 8 nitrogen and oxygen atoms in total. The second-order valence-corrected chi connectivity index (χ2v) is 7.15. The number of sulfonamides is 1. The van der Waals surface area contributed by atoms with E-state index in [2.05, 4.69) is 20.2 Å². The summed E-state index contributed by atoms with van der Waals surface area (Å²) in [6, 6.07) is 6.99. The number of nitrogens with zero attached hydrogens (tertiary/aromatic N) is 2. The van der Waals surface area contributed by atoms with Gasteiger partial charge in [-0.2, -0.15) is 0 Å². The molecule has 0 aliphatic heterocycles. The first-order valence-corrected chi connectivity index (χ1v) is 8.44. The zero-order chi connectivity index (χ0) is 16.2. The van der Waals surface area contributed by atoms with E-state index >= 15 is 0 Å². The summed E-state index contributed by atoms with van der Waals surface area (Å²) < 4.78 is 31.4. The lowest BCUT2D eigenvalue weighted by atomic mass is 10.2. The van der Waals surface area contributed by atoms with Gasteiger partial charge in [-0.3, -0.25) is 4.79 Å². The number of amides is 1. The van der Waals surface area contributed by atoms with Crippen molar-refractivity contribution in [3.63, 3.8) is 0 Å². The maximum atomic E-state index is 12.1. The van der Waals surface area contributed by atoms with E-state index < -0.39 is 10.0 Å². The number of anilines is 1. The predicted octanol–water partition coefficient (Wildman–Crippen LogP) is 0.984. The summed E-state index contributed by atoms with van der Waals surface area (Å²) in [6.45, 7) is 1.42.